The third-order valence-electron chi connectivity index (χ3n) is 5.95. The van der Waals surface area contributed by atoms with Crippen molar-refractivity contribution in [1.82, 2.24) is 9.80 Å². The maximum absolute atomic E-state index is 13.1. The van der Waals surface area contributed by atoms with E-state index in [9.17, 15) is 9.59 Å². The topological polar surface area (TPSA) is 79.3 Å². The number of carboxylic acid groups (broad SMARTS) is 1. The molecular weight excluding hydrogens is 555 g/mol. The molecule has 0 radical (unpaired) electrons. The Bertz CT molecular complexity index is 1220. The average Bonchev–Trinajstić information content (AvgIpc) is 3.14. The molecule has 2 fully saturated rings. The second-order valence-electron chi connectivity index (χ2n) is 8.51. The number of thioether (sulfide) groups is 1. The third kappa shape index (κ3) is 7.46. The third-order valence-corrected chi connectivity index (χ3v) is 7.89. The number of aliphatic carboxylic acids is 1. The van der Waals surface area contributed by atoms with Crippen LogP contribution in [0.3, 0.4) is 0 Å². The number of ether oxygens (including phenoxy) is 2. The van der Waals surface area contributed by atoms with Gasteiger partial charge in [0.05, 0.1) is 18.1 Å². The van der Waals surface area contributed by atoms with Gasteiger partial charge in [0.25, 0.3) is 5.91 Å². The maximum atomic E-state index is 13.1. The Morgan fingerprint density at radius 3 is 2.70 bits per heavy atom. The number of thiocarbonyl (C=S) groups is 1. The van der Waals surface area contributed by atoms with Crippen LogP contribution in [0.5, 0.6) is 5.75 Å². The quantitative estimate of drug-likeness (QED) is 0.294. The van der Waals surface area contributed by atoms with E-state index in [-0.39, 0.29) is 18.9 Å². The lowest BCUT2D eigenvalue weighted by atomic mass is 10.0. The molecule has 0 unspecified atom stereocenters. The zero-order valence-corrected chi connectivity index (χ0v) is 23.1. The zero-order valence-electron chi connectivity index (χ0n) is 20.0. The van der Waals surface area contributed by atoms with Crippen LogP contribution in [0.25, 0.3) is 17.2 Å². The molecule has 7 nitrogen and oxygen atoms in total. The van der Waals surface area contributed by atoms with Crippen molar-refractivity contribution in [3.8, 4) is 16.9 Å². The Balaban J connectivity index is 1.59. The van der Waals surface area contributed by atoms with Crippen molar-refractivity contribution in [1.29, 1.82) is 0 Å². The lowest BCUT2D eigenvalue weighted by molar-refractivity contribution is -0.137. The van der Waals surface area contributed by atoms with Gasteiger partial charge in [-0.15, -0.1) is 0 Å². The number of carboxylic acids is 1. The molecule has 0 atom stereocenters. The Morgan fingerprint density at radius 2 is 1.95 bits per heavy atom. The Kier molecular flexibility index (Phi) is 9.86. The van der Waals surface area contributed by atoms with Gasteiger partial charge in [0.2, 0.25) is 0 Å². The number of hydrogen-bond donors (Lipinski definition) is 1. The van der Waals surface area contributed by atoms with Gasteiger partial charge in [-0.1, -0.05) is 53.2 Å². The highest BCUT2D eigenvalue weighted by Gasteiger charge is 2.32. The molecule has 0 aromatic heterocycles. The van der Waals surface area contributed by atoms with Crippen molar-refractivity contribution in [2.45, 2.75) is 12.8 Å². The van der Waals surface area contributed by atoms with Crippen molar-refractivity contribution in [2.24, 2.45) is 0 Å². The number of morpholine rings is 1. The van der Waals surface area contributed by atoms with Gasteiger partial charge in [-0.05, 0) is 48.4 Å². The van der Waals surface area contributed by atoms with Crippen LogP contribution in [-0.2, 0) is 14.3 Å². The van der Waals surface area contributed by atoms with Crippen LogP contribution in [0.4, 0.5) is 0 Å². The molecule has 0 aliphatic carbocycles. The molecule has 0 bridgehead atoms. The summed E-state index contributed by atoms with van der Waals surface area (Å²) in [5.41, 5.74) is 2.31. The summed E-state index contributed by atoms with van der Waals surface area (Å²) in [6.45, 7) is 4.67. The number of rotatable bonds is 10. The highest BCUT2D eigenvalue weighted by molar-refractivity contribution is 8.26. The first-order chi connectivity index (χ1) is 17.8. The van der Waals surface area contributed by atoms with Crippen LogP contribution in [0, 0.1) is 0 Å². The molecular formula is C26H26Cl2N2O5S2. The van der Waals surface area contributed by atoms with E-state index in [1.165, 1.54) is 16.7 Å². The highest BCUT2D eigenvalue weighted by atomic mass is 35.5. The second-order valence-corrected chi connectivity index (χ2v) is 11.0. The van der Waals surface area contributed by atoms with E-state index in [1.807, 2.05) is 18.2 Å². The minimum absolute atomic E-state index is 0.0281. The van der Waals surface area contributed by atoms with Crippen LogP contribution in [0.15, 0.2) is 41.3 Å². The highest BCUT2D eigenvalue weighted by Crippen LogP contribution is 2.37. The van der Waals surface area contributed by atoms with E-state index in [4.69, 9.17) is 50.0 Å². The van der Waals surface area contributed by atoms with E-state index in [0.29, 0.717) is 56.8 Å². The summed E-state index contributed by atoms with van der Waals surface area (Å²) in [5, 5.41) is 10.0. The molecule has 2 heterocycles. The van der Waals surface area contributed by atoms with Crippen LogP contribution >= 0.6 is 47.2 Å². The van der Waals surface area contributed by atoms with Crippen LogP contribution in [0.1, 0.15) is 18.4 Å². The van der Waals surface area contributed by atoms with E-state index >= 15 is 0 Å². The van der Waals surface area contributed by atoms with Gasteiger partial charge in [0.15, 0.2) is 0 Å². The maximum Gasteiger partial charge on any atom is 0.303 e. The van der Waals surface area contributed by atoms with Gasteiger partial charge in [-0.3, -0.25) is 19.4 Å². The largest absolute Gasteiger partial charge is 0.492 e. The van der Waals surface area contributed by atoms with Gasteiger partial charge in [0.1, 0.15) is 16.7 Å². The fraction of sp³-hybridized carbons (Fsp3) is 0.346. The van der Waals surface area contributed by atoms with Crippen molar-refractivity contribution >= 4 is 69.5 Å². The number of nitrogens with zero attached hydrogens (tertiary/aromatic N) is 2. The summed E-state index contributed by atoms with van der Waals surface area (Å²) in [6, 6.07) is 11.0. The SMILES string of the molecule is O=C(O)CCCN1C(=O)/C(=C/c2cc(-c3cc(Cl)ccc3Cl)ccc2OCCN2CCOCC2)SC1=S. The Morgan fingerprint density at radius 1 is 1.16 bits per heavy atom. The summed E-state index contributed by atoms with van der Waals surface area (Å²) in [4.78, 5) is 28.1. The van der Waals surface area contributed by atoms with Gasteiger partial charge >= 0.3 is 5.97 Å². The first kappa shape index (κ1) is 27.9. The monoisotopic (exact) mass is 580 g/mol. The van der Waals surface area contributed by atoms with Gasteiger partial charge in [-0.2, -0.15) is 0 Å². The fourth-order valence-corrected chi connectivity index (χ4v) is 5.71. The molecule has 2 aromatic rings. The molecule has 2 saturated heterocycles. The summed E-state index contributed by atoms with van der Waals surface area (Å²) in [6.07, 6.45) is 2.07. The molecule has 2 aliphatic heterocycles. The van der Waals surface area contributed by atoms with E-state index in [1.54, 1.807) is 24.3 Å². The molecule has 2 aliphatic rings. The van der Waals surface area contributed by atoms with Gasteiger partial charge < -0.3 is 14.6 Å². The first-order valence-corrected chi connectivity index (χ1v) is 13.8. The van der Waals surface area contributed by atoms with Crippen LogP contribution in [-0.4, -0.2) is 77.1 Å². The van der Waals surface area contributed by atoms with Crippen LogP contribution in [0.2, 0.25) is 10.0 Å². The predicted molar refractivity (Wildman–Crippen MR) is 151 cm³/mol. The summed E-state index contributed by atoms with van der Waals surface area (Å²) >= 11 is 19.3. The van der Waals surface area contributed by atoms with E-state index in [2.05, 4.69) is 4.90 Å². The minimum atomic E-state index is -0.906. The first-order valence-electron chi connectivity index (χ1n) is 11.8. The Labute approximate surface area is 235 Å². The molecule has 1 amide bonds. The normalized spacial score (nSPS) is 17.6. The van der Waals surface area contributed by atoms with E-state index in [0.717, 1.165) is 30.8 Å². The molecule has 196 valence electrons. The Hall–Kier alpha value is -2.14. The molecule has 37 heavy (non-hydrogen) atoms. The molecule has 0 spiro atoms. The number of benzene rings is 2. The lowest BCUT2D eigenvalue weighted by Crippen LogP contribution is -2.38. The fourth-order valence-electron chi connectivity index (χ4n) is 4.01. The average molecular weight is 582 g/mol. The number of hydrogen-bond acceptors (Lipinski definition) is 7. The molecule has 1 N–H and O–H groups in total. The van der Waals surface area contributed by atoms with Gasteiger partial charge in [-0.25, -0.2) is 0 Å². The van der Waals surface area contributed by atoms with Crippen molar-refractivity contribution in [3.05, 3.63) is 56.9 Å². The second kappa shape index (κ2) is 13.1. The lowest BCUT2D eigenvalue weighted by Gasteiger charge is -2.26. The summed E-state index contributed by atoms with van der Waals surface area (Å²) in [7, 11) is 0. The summed E-state index contributed by atoms with van der Waals surface area (Å²) < 4.78 is 12.0. The number of amides is 1. The van der Waals surface area contributed by atoms with Crippen molar-refractivity contribution in [2.75, 3.05) is 46.0 Å². The minimum Gasteiger partial charge on any atom is -0.492 e. The molecule has 4 rings (SSSR count). The molecule has 11 heteroatoms. The predicted octanol–water partition coefficient (Wildman–Crippen LogP) is 5.44. The standard InChI is InChI=1S/C26H26Cl2N2O5S2/c27-19-4-5-21(28)20(16-19)17-3-6-22(35-13-10-29-8-11-34-12-9-29)18(14-17)15-23-25(33)30(26(36)37-23)7-1-2-24(31)32/h3-6,14-16H,1-2,7-13H2,(H,31,32)/b23-15-. The van der Waals surface area contributed by atoms with Crippen LogP contribution < -0.4 is 4.74 Å². The smallest absolute Gasteiger partial charge is 0.303 e. The number of halogens is 2. The number of carbonyl (C=O) groups is 2. The van der Waals surface area contributed by atoms with Crippen molar-refractivity contribution in [3.63, 3.8) is 0 Å². The van der Waals surface area contributed by atoms with Gasteiger partial charge in [0, 0.05) is 53.8 Å². The van der Waals surface area contributed by atoms with E-state index < -0.39 is 5.97 Å². The summed E-state index contributed by atoms with van der Waals surface area (Å²) in [5.74, 6) is -0.520. The molecule has 0 saturated carbocycles. The zero-order chi connectivity index (χ0) is 26.4. The van der Waals surface area contributed by atoms with Crippen molar-refractivity contribution < 1.29 is 24.2 Å². The number of carbonyl (C=O) groups excluding carboxylic acids is 1. The molecule has 2 aromatic carbocycles.